The Morgan fingerprint density at radius 3 is 2.38 bits per heavy atom. The Kier molecular flexibility index (Phi) is 5.47. The smallest absolute Gasteiger partial charge is 0.337 e. The second-order valence-corrected chi connectivity index (χ2v) is 5.08. The summed E-state index contributed by atoms with van der Waals surface area (Å²) in [5, 5.41) is 5.26. The number of carbonyl (C=O) groups excluding carboxylic acids is 2. The Balaban J connectivity index is 2.03. The second kappa shape index (κ2) is 7.54. The van der Waals surface area contributed by atoms with Crippen molar-refractivity contribution < 1.29 is 23.1 Å². The van der Waals surface area contributed by atoms with Crippen LogP contribution in [0.5, 0.6) is 0 Å². The minimum atomic E-state index is -0.737. The first-order valence-corrected chi connectivity index (χ1v) is 7.08. The Bertz CT molecular complexity index is 758. The molecule has 2 N–H and O–H groups in total. The van der Waals surface area contributed by atoms with Crippen LogP contribution in [0.3, 0.4) is 0 Å². The molecule has 126 valence electrons. The van der Waals surface area contributed by atoms with Gasteiger partial charge >= 0.3 is 5.97 Å². The van der Waals surface area contributed by atoms with Gasteiger partial charge in [-0.1, -0.05) is 6.07 Å². The minimum absolute atomic E-state index is 0.155. The van der Waals surface area contributed by atoms with E-state index in [0.29, 0.717) is 11.3 Å². The van der Waals surface area contributed by atoms with Crippen molar-refractivity contribution in [3.63, 3.8) is 0 Å². The van der Waals surface area contributed by atoms with E-state index >= 15 is 0 Å². The summed E-state index contributed by atoms with van der Waals surface area (Å²) < 4.78 is 30.8. The van der Waals surface area contributed by atoms with E-state index in [0.717, 1.165) is 23.8 Å². The summed E-state index contributed by atoms with van der Waals surface area (Å²) in [5.74, 6) is -2.41. The van der Waals surface area contributed by atoms with Gasteiger partial charge in [-0.25, -0.2) is 13.6 Å². The Hall–Kier alpha value is -2.96. The van der Waals surface area contributed by atoms with E-state index in [1.807, 2.05) is 0 Å². The van der Waals surface area contributed by atoms with Gasteiger partial charge in [-0.05, 0) is 36.8 Å². The molecule has 0 saturated heterocycles. The van der Waals surface area contributed by atoms with Crippen molar-refractivity contribution in [1.29, 1.82) is 0 Å². The molecular weight excluding hydrogens is 318 g/mol. The number of benzene rings is 2. The van der Waals surface area contributed by atoms with Crippen molar-refractivity contribution in [3.8, 4) is 0 Å². The number of carbonyl (C=O) groups is 2. The zero-order valence-electron chi connectivity index (χ0n) is 13.2. The Morgan fingerprint density at radius 2 is 1.75 bits per heavy atom. The van der Waals surface area contributed by atoms with Gasteiger partial charge in [0.1, 0.15) is 11.6 Å². The van der Waals surface area contributed by atoms with Crippen molar-refractivity contribution in [1.82, 2.24) is 0 Å². The molecule has 2 aromatic carbocycles. The lowest BCUT2D eigenvalue weighted by Gasteiger charge is -2.11. The van der Waals surface area contributed by atoms with Gasteiger partial charge in [-0.3, -0.25) is 4.79 Å². The van der Waals surface area contributed by atoms with Crippen molar-refractivity contribution in [2.24, 2.45) is 0 Å². The average Bonchev–Trinajstić information content (AvgIpc) is 2.53. The molecule has 2 rings (SSSR count). The predicted molar refractivity (Wildman–Crippen MR) is 86.0 cm³/mol. The maximum Gasteiger partial charge on any atom is 0.337 e. The standard InChI is InChI=1S/C17H16F2N2O3/c1-10-3-4-11(17(23)24-2)5-15(10)21-16(22)9-20-14-7-12(18)6-13(19)8-14/h3-8,20H,9H2,1-2H3,(H,21,22). The summed E-state index contributed by atoms with van der Waals surface area (Å²) in [4.78, 5) is 23.5. The van der Waals surface area contributed by atoms with E-state index in [4.69, 9.17) is 0 Å². The van der Waals surface area contributed by atoms with Crippen molar-refractivity contribution >= 4 is 23.3 Å². The number of amides is 1. The first kappa shape index (κ1) is 17.4. The number of aryl methyl sites for hydroxylation is 1. The van der Waals surface area contributed by atoms with Crippen LogP contribution in [0.2, 0.25) is 0 Å². The van der Waals surface area contributed by atoms with Crippen LogP contribution >= 0.6 is 0 Å². The van der Waals surface area contributed by atoms with Crippen molar-refractivity contribution in [2.45, 2.75) is 6.92 Å². The van der Waals surface area contributed by atoms with Crippen LogP contribution in [0.25, 0.3) is 0 Å². The zero-order valence-corrected chi connectivity index (χ0v) is 13.2. The molecule has 0 aliphatic heterocycles. The van der Waals surface area contributed by atoms with Crippen LogP contribution in [0.1, 0.15) is 15.9 Å². The molecule has 0 aliphatic rings. The van der Waals surface area contributed by atoms with Crippen LogP contribution in [-0.4, -0.2) is 25.5 Å². The average molecular weight is 334 g/mol. The number of hydrogen-bond acceptors (Lipinski definition) is 4. The molecule has 2 aromatic rings. The molecule has 0 radical (unpaired) electrons. The molecule has 1 amide bonds. The third-order valence-corrected chi connectivity index (χ3v) is 3.25. The quantitative estimate of drug-likeness (QED) is 0.825. The summed E-state index contributed by atoms with van der Waals surface area (Å²) in [6.45, 7) is 1.58. The molecule has 0 heterocycles. The molecule has 24 heavy (non-hydrogen) atoms. The van der Waals surface area contributed by atoms with E-state index in [9.17, 15) is 18.4 Å². The molecule has 0 aliphatic carbocycles. The van der Waals surface area contributed by atoms with Gasteiger partial charge in [-0.15, -0.1) is 0 Å². The number of methoxy groups -OCH3 is 1. The number of anilines is 2. The van der Waals surface area contributed by atoms with Crippen LogP contribution in [0.15, 0.2) is 36.4 Å². The van der Waals surface area contributed by atoms with Gasteiger partial charge in [-0.2, -0.15) is 0 Å². The third kappa shape index (κ3) is 4.52. The number of nitrogens with one attached hydrogen (secondary N) is 2. The van der Waals surface area contributed by atoms with Gasteiger partial charge < -0.3 is 15.4 Å². The van der Waals surface area contributed by atoms with E-state index in [1.54, 1.807) is 19.1 Å². The molecule has 0 saturated carbocycles. The molecule has 7 heteroatoms. The van der Waals surface area contributed by atoms with Gasteiger partial charge in [0.2, 0.25) is 5.91 Å². The topological polar surface area (TPSA) is 67.4 Å². The number of halogens is 2. The van der Waals surface area contributed by atoms with Crippen LogP contribution in [-0.2, 0) is 9.53 Å². The highest BCUT2D eigenvalue weighted by atomic mass is 19.1. The molecule has 0 spiro atoms. The summed E-state index contributed by atoms with van der Waals surface area (Å²) in [7, 11) is 1.27. The molecule has 5 nitrogen and oxygen atoms in total. The minimum Gasteiger partial charge on any atom is -0.465 e. The number of ether oxygens (including phenoxy) is 1. The Morgan fingerprint density at radius 1 is 1.08 bits per heavy atom. The Labute approximate surface area is 137 Å². The van der Waals surface area contributed by atoms with E-state index in [2.05, 4.69) is 15.4 Å². The summed E-state index contributed by atoms with van der Waals surface area (Å²) in [6, 6.07) is 7.68. The lowest BCUT2D eigenvalue weighted by atomic mass is 10.1. The van der Waals surface area contributed by atoms with Gasteiger partial charge in [0.05, 0.1) is 19.2 Å². The second-order valence-electron chi connectivity index (χ2n) is 5.08. The van der Waals surface area contributed by atoms with E-state index in [1.165, 1.54) is 13.2 Å². The largest absolute Gasteiger partial charge is 0.465 e. The van der Waals surface area contributed by atoms with Crippen LogP contribution < -0.4 is 10.6 Å². The molecule has 0 bridgehead atoms. The van der Waals surface area contributed by atoms with Gasteiger partial charge in [0.25, 0.3) is 0 Å². The number of esters is 1. The number of hydrogen-bond donors (Lipinski definition) is 2. The normalized spacial score (nSPS) is 10.2. The summed E-state index contributed by atoms with van der Waals surface area (Å²) >= 11 is 0. The highest BCUT2D eigenvalue weighted by Crippen LogP contribution is 2.18. The fourth-order valence-electron chi connectivity index (χ4n) is 2.03. The third-order valence-electron chi connectivity index (χ3n) is 3.25. The number of rotatable bonds is 5. The highest BCUT2D eigenvalue weighted by molar-refractivity contribution is 5.97. The van der Waals surface area contributed by atoms with Crippen LogP contribution in [0.4, 0.5) is 20.2 Å². The summed E-state index contributed by atoms with van der Waals surface area (Å²) in [6.07, 6.45) is 0. The first-order chi connectivity index (χ1) is 11.4. The van der Waals surface area contributed by atoms with Crippen molar-refractivity contribution in [2.75, 3.05) is 24.3 Å². The van der Waals surface area contributed by atoms with Gasteiger partial charge in [0, 0.05) is 17.4 Å². The molecule has 0 atom stereocenters. The molecule has 0 aromatic heterocycles. The molecule has 0 fully saturated rings. The lowest BCUT2D eigenvalue weighted by molar-refractivity contribution is -0.114. The predicted octanol–water partition coefficient (Wildman–Crippen LogP) is 3.11. The van der Waals surface area contributed by atoms with Crippen LogP contribution in [0, 0.1) is 18.6 Å². The monoisotopic (exact) mass is 334 g/mol. The maximum absolute atomic E-state index is 13.1. The maximum atomic E-state index is 13.1. The van der Waals surface area contributed by atoms with E-state index < -0.39 is 23.5 Å². The SMILES string of the molecule is COC(=O)c1ccc(C)c(NC(=O)CNc2cc(F)cc(F)c2)c1. The molecular formula is C17H16F2N2O3. The highest BCUT2D eigenvalue weighted by Gasteiger charge is 2.10. The van der Waals surface area contributed by atoms with Gasteiger partial charge in [0.15, 0.2) is 0 Å². The van der Waals surface area contributed by atoms with E-state index in [-0.39, 0.29) is 12.2 Å². The summed E-state index contributed by atoms with van der Waals surface area (Å²) in [5.41, 5.74) is 1.67. The fraction of sp³-hybridized carbons (Fsp3) is 0.176. The lowest BCUT2D eigenvalue weighted by Crippen LogP contribution is -2.22. The molecule has 0 unspecified atom stereocenters. The zero-order chi connectivity index (χ0) is 17.7. The van der Waals surface area contributed by atoms with Crippen molar-refractivity contribution in [3.05, 3.63) is 59.2 Å². The first-order valence-electron chi connectivity index (χ1n) is 7.08. The fourth-order valence-corrected chi connectivity index (χ4v) is 2.03.